The second-order valence-electron chi connectivity index (χ2n) is 5.51. The Labute approximate surface area is 133 Å². The van der Waals surface area contributed by atoms with Gasteiger partial charge in [0.25, 0.3) is 0 Å². The summed E-state index contributed by atoms with van der Waals surface area (Å²) in [5, 5.41) is 8.91. The van der Waals surface area contributed by atoms with Gasteiger partial charge in [-0.15, -0.1) is 0 Å². The van der Waals surface area contributed by atoms with E-state index in [4.69, 9.17) is 22.7 Å². The highest BCUT2D eigenvalue weighted by molar-refractivity contribution is 6.31. The second kappa shape index (κ2) is 5.58. The van der Waals surface area contributed by atoms with Gasteiger partial charge in [-0.2, -0.15) is 0 Å². The molecule has 2 aromatic rings. The quantitative estimate of drug-likeness (QED) is 0.869. The number of anilines is 1. The van der Waals surface area contributed by atoms with Crippen LogP contribution in [0.25, 0.3) is 17.4 Å². The first-order chi connectivity index (χ1) is 10.5. The minimum Gasteiger partial charge on any atom is -0.403 e. The van der Waals surface area contributed by atoms with E-state index in [9.17, 15) is 0 Å². The van der Waals surface area contributed by atoms with Gasteiger partial charge in [0.2, 0.25) is 0 Å². The summed E-state index contributed by atoms with van der Waals surface area (Å²) in [6.07, 6.45) is 4.57. The largest absolute Gasteiger partial charge is 0.403 e. The average Bonchev–Trinajstić information content (AvgIpc) is 2.41. The molecule has 1 fully saturated rings. The number of rotatable bonds is 3. The molecule has 0 amide bonds. The van der Waals surface area contributed by atoms with E-state index in [2.05, 4.69) is 33.9 Å². The van der Waals surface area contributed by atoms with Crippen LogP contribution in [-0.2, 0) is 0 Å². The molecule has 0 spiro atoms. The van der Waals surface area contributed by atoms with E-state index < -0.39 is 0 Å². The van der Waals surface area contributed by atoms with Crippen molar-refractivity contribution < 1.29 is 0 Å². The lowest BCUT2D eigenvalue weighted by Crippen LogP contribution is -2.59. The molecule has 0 atom stereocenters. The summed E-state index contributed by atoms with van der Waals surface area (Å²) in [4.78, 5) is 13.0. The van der Waals surface area contributed by atoms with Crippen molar-refractivity contribution in [2.24, 2.45) is 5.73 Å². The molecular weight excluding hydrogens is 302 g/mol. The van der Waals surface area contributed by atoms with Crippen LogP contribution in [0.3, 0.4) is 0 Å². The van der Waals surface area contributed by atoms with Crippen molar-refractivity contribution >= 4 is 34.8 Å². The third-order valence-corrected chi connectivity index (χ3v) is 4.07. The van der Waals surface area contributed by atoms with Gasteiger partial charge in [0.15, 0.2) is 17.0 Å². The van der Waals surface area contributed by atoms with Gasteiger partial charge in [0, 0.05) is 37.7 Å². The van der Waals surface area contributed by atoms with E-state index in [1.165, 1.54) is 6.20 Å². The Hall–Kier alpha value is -2.12. The van der Waals surface area contributed by atoms with E-state index in [0.717, 1.165) is 13.1 Å². The number of fused-ring (bicyclic) bond motifs is 1. The monoisotopic (exact) mass is 319 g/mol. The maximum atomic E-state index is 8.41. The van der Waals surface area contributed by atoms with Crippen molar-refractivity contribution in [2.75, 3.05) is 32.1 Å². The number of nitrogens with two attached hydrogens (primary N) is 1. The predicted octanol–water partition coefficient (Wildman–Crippen LogP) is 0.701. The van der Waals surface area contributed by atoms with Crippen LogP contribution in [0.1, 0.15) is 0 Å². The topological polar surface area (TPSA) is 87.1 Å². The molecule has 1 saturated heterocycles. The lowest BCUT2D eigenvalue weighted by molar-refractivity contribution is 0.245. The fourth-order valence-corrected chi connectivity index (χ4v) is 2.63. The number of likely N-dealkylation sites (N-methyl/N-ethyl adjacent to an activating group) is 1. The first-order valence-corrected chi connectivity index (χ1v) is 7.31. The zero-order valence-corrected chi connectivity index (χ0v) is 13.2. The van der Waals surface area contributed by atoms with Crippen LogP contribution in [-0.4, -0.2) is 52.7 Å². The highest BCUT2D eigenvalue weighted by Crippen LogP contribution is 2.21. The smallest absolute Gasteiger partial charge is 0.178 e. The van der Waals surface area contributed by atoms with E-state index in [-0.39, 0.29) is 5.49 Å². The second-order valence-corrected chi connectivity index (χ2v) is 5.95. The van der Waals surface area contributed by atoms with Crippen LogP contribution in [0.15, 0.2) is 18.5 Å². The Morgan fingerprint density at radius 2 is 2.18 bits per heavy atom. The van der Waals surface area contributed by atoms with E-state index in [0.29, 0.717) is 28.0 Å². The summed E-state index contributed by atoms with van der Waals surface area (Å²) in [5.74, 6) is 0.610. The number of hydrogen-bond donors (Lipinski definition) is 2. The maximum Gasteiger partial charge on any atom is 0.178 e. The van der Waals surface area contributed by atoms with Crippen LogP contribution in [0.2, 0.25) is 5.02 Å². The minimum absolute atomic E-state index is 0.274. The molecule has 0 saturated carbocycles. The number of pyridine rings is 1. The third-order valence-electron chi connectivity index (χ3n) is 3.87. The number of nitrogens with one attached hydrogen (secondary N) is 1. The number of nitrogens with zero attached hydrogens (tertiary/aromatic N) is 5. The molecule has 2 aromatic heterocycles. The first-order valence-electron chi connectivity index (χ1n) is 6.93. The van der Waals surface area contributed by atoms with Gasteiger partial charge in [0.05, 0.1) is 10.5 Å². The van der Waals surface area contributed by atoms with Crippen LogP contribution >= 0.6 is 11.6 Å². The normalized spacial score (nSPS) is 15.9. The van der Waals surface area contributed by atoms with Gasteiger partial charge in [-0.3, -0.25) is 9.98 Å². The molecule has 1 aliphatic rings. The van der Waals surface area contributed by atoms with Gasteiger partial charge in [0.1, 0.15) is 0 Å². The van der Waals surface area contributed by atoms with Gasteiger partial charge >= 0.3 is 0 Å². The van der Waals surface area contributed by atoms with Gasteiger partial charge in [-0.05, 0) is 20.2 Å². The Balaban J connectivity index is 2.11. The van der Waals surface area contributed by atoms with E-state index in [1.807, 2.05) is 0 Å². The molecule has 116 valence electrons. The van der Waals surface area contributed by atoms with Gasteiger partial charge in [-0.25, -0.2) is 9.97 Å². The van der Waals surface area contributed by atoms with Crippen molar-refractivity contribution in [1.82, 2.24) is 19.4 Å². The Kier molecular flexibility index (Phi) is 3.76. The standard InChI is InChI=1S/C14H18ClN7/c1-20(2)10-7-21(8-10)14-12(17)22(4-3-16)11-5-9(15)6-18-13(11)19-14/h3-6,10,17H,7-8,16H2,1-2H3/b4-3-,17-12?. The lowest BCUT2D eigenvalue weighted by atomic mass is 10.1. The summed E-state index contributed by atoms with van der Waals surface area (Å²) in [5.41, 5.74) is 6.99. The summed E-state index contributed by atoms with van der Waals surface area (Å²) < 4.78 is 1.65. The molecule has 8 heteroatoms. The highest BCUT2D eigenvalue weighted by atomic mass is 35.5. The van der Waals surface area contributed by atoms with Crippen molar-refractivity contribution in [3.05, 3.63) is 29.0 Å². The van der Waals surface area contributed by atoms with Crippen LogP contribution < -0.4 is 16.1 Å². The summed E-state index contributed by atoms with van der Waals surface area (Å²) in [7, 11) is 4.11. The maximum absolute atomic E-state index is 8.41. The molecule has 0 bridgehead atoms. The summed E-state index contributed by atoms with van der Waals surface area (Å²) in [6, 6.07) is 2.21. The zero-order valence-electron chi connectivity index (χ0n) is 12.5. The first kappa shape index (κ1) is 14.8. The Morgan fingerprint density at radius 1 is 1.45 bits per heavy atom. The average molecular weight is 320 g/mol. The van der Waals surface area contributed by atoms with Crippen molar-refractivity contribution in [2.45, 2.75) is 6.04 Å². The Morgan fingerprint density at radius 3 is 2.82 bits per heavy atom. The van der Waals surface area contributed by atoms with E-state index in [1.54, 1.807) is 23.0 Å². The predicted molar refractivity (Wildman–Crippen MR) is 87.6 cm³/mol. The van der Waals surface area contributed by atoms with Gasteiger partial charge < -0.3 is 15.5 Å². The van der Waals surface area contributed by atoms with Crippen molar-refractivity contribution in [3.8, 4) is 0 Å². The minimum atomic E-state index is 0.274. The van der Waals surface area contributed by atoms with Gasteiger partial charge in [-0.1, -0.05) is 11.6 Å². The van der Waals surface area contributed by atoms with Crippen molar-refractivity contribution in [1.29, 1.82) is 5.41 Å². The zero-order chi connectivity index (χ0) is 15.9. The third kappa shape index (κ3) is 2.42. The SMILES string of the molecule is CN(C)C1CN(c2nc3ncc(Cl)cc3n(/C=C\N)c2=N)C1. The molecule has 7 nitrogen and oxygen atoms in total. The van der Waals surface area contributed by atoms with E-state index >= 15 is 0 Å². The van der Waals surface area contributed by atoms with Crippen LogP contribution in [0.4, 0.5) is 5.82 Å². The molecule has 0 radical (unpaired) electrons. The summed E-state index contributed by atoms with van der Waals surface area (Å²) in [6.45, 7) is 1.69. The molecule has 22 heavy (non-hydrogen) atoms. The number of hydrogen-bond acceptors (Lipinski definition) is 6. The molecule has 3 heterocycles. The van der Waals surface area contributed by atoms with Crippen molar-refractivity contribution in [3.63, 3.8) is 0 Å². The molecular formula is C14H18ClN7. The molecule has 1 aliphatic heterocycles. The summed E-state index contributed by atoms with van der Waals surface area (Å²) >= 11 is 6.00. The number of aromatic nitrogens is 3. The Bertz CT molecular complexity index is 790. The lowest BCUT2D eigenvalue weighted by Gasteiger charge is -2.43. The molecule has 3 N–H and O–H groups in total. The molecule has 0 aromatic carbocycles. The fourth-order valence-electron chi connectivity index (χ4n) is 2.48. The fraction of sp³-hybridized carbons (Fsp3) is 0.357. The number of halogens is 1. The van der Waals surface area contributed by atoms with Crippen LogP contribution in [0, 0.1) is 5.41 Å². The molecule has 0 aliphatic carbocycles. The molecule has 0 unspecified atom stereocenters. The highest BCUT2D eigenvalue weighted by Gasteiger charge is 2.30. The van der Waals surface area contributed by atoms with Crippen LogP contribution in [0.5, 0.6) is 0 Å². The molecule has 3 rings (SSSR count).